The van der Waals surface area contributed by atoms with Gasteiger partial charge < -0.3 is 4.74 Å². The van der Waals surface area contributed by atoms with Crippen LogP contribution in [0.4, 0.5) is 0 Å². The molecule has 9 heteroatoms. The molecule has 0 fully saturated rings. The zero-order chi connectivity index (χ0) is 22.9. The average Bonchev–Trinajstić information content (AvgIpc) is 2.82. The summed E-state index contributed by atoms with van der Waals surface area (Å²) < 4.78 is 5.08. The first-order chi connectivity index (χ1) is 15.5. The maximum atomic E-state index is 12.5. The van der Waals surface area contributed by atoms with Crippen LogP contribution in [0.1, 0.15) is 26.3 Å². The van der Waals surface area contributed by atoms with Gasteiger partial charge in [0.15, 0.2) is 6.61 Å². The van der Waals surface area contributed by atoms with Crippen LogP contribution in [-0.2, 0) is 9.53 Å². The summed E-state index contributed by atoms with van der Waals surface area (Å²) in [7, 11) is 0. The molecule has 0 spiro atoms. The molecule has 3 aromatic carbocycles. The summed E-state index contributed by atoms with van der Waals surface area (Å²) in [6.07, 6.45) is 0. The molecular formula is C23H16ClN3O4S. The first-order valence-corrected chi connectivity index (χ1v) is 10.5. The molecule has 0 aliphatic carbocycles. The van der Waals surface area contributed by atoms with E-state index in [1.54, 1.807) is 66.7 Å². The van der Waals surface area contributed by atoms with Crippen LogP contribution in [-0.4, -0.2) is 24.4 Å². The standard InChI is InChI=1S/C23H16ClN3O4S/c24-18-10-4-2-8-16(18)22(29)27-26-21(28)14-31-23(30)17-9-3-6-12-20(17)32-19-11-5-1-7-15(19)13-25/h1-12H,14H2,(H,26,28)(H,27,29). The van der Waals surface area contributed by atoms with Crippen molar-refractivity contribution in [3.05, 3.63) is 94.5 Å². The third-order valence-electron chi connectivity index (χ3n) is 4.10. The molecule has 0 atom stereocenters. The maximum absolute atomic E-state index is 12.5. The minimum Gasteiger partial charge on any atom is -0.452 e. The maximum Gasteiger partial charge on any atom is 0.339 e. The minimum absolute atomic E-state index is 0.190. The number of nitrogens with zero attached hydrogens (tertiary/aromatic N) is 1. The smallest absolute Gasteiger partial charge is 0.339 e. The Balaban J connectivity index is 1.58. The summed E-state index contributed by atoms with van der Waals surface area (Å²) in [6.45, 7) is -0.602. The highest BCUT2D eigenvalue weighted by Gasteiger charge is 2.17. The zero-order valence-electron chi connectivity index (χ0n) is 16.5. The highest BCUT2D eigenvalue weighted by Crippen LogP contribution is 2.32. The first-order valence-electron chi connectivity index (χ1n) is 9.26. The van der Waals surface area contributed by atoms with Gasteiger partial charge in [-0.05, 0) is 36.4 Å². The molecule has 0 aliphatic rings. The number of hydrogen-bond acceptors (Lipinski definition) is 6. The van der Waals surface area contributed by atoms with E-state index < -0.39 is 24.4 Å². The largest absolute Gasteiger partial charge is 0.452 e. The second-order valence-corrected chi connectivity index (χ2v) is 7.76. The number of nitrogens with one attached hydrogen (secondary N) is 2. The lowest BCUT2D eigenvalue weighted by atomic mass is 10.2. The number of nitriles is 1. The Bertz CT molecular complexity index is 1210. The van der Waals surface area contributed by atoms with Gasteiger partial charge in [-0.2, -0.15) is 5.26 Å². The topological polar surface area (TPSA) is 108 Å². The van der Waals surface area contributed by atoms with Crippen molar-refractivity contribution in [3.63, 3.8) is 0 Å². The third-order valence-corrected chi connectivity index (χ3v) is 5.58. The fraction of sp³-hybridized carbons (Fsp3) is 0.0435. The molecule has 0 aliphatic heterocycles. The molecule has 2 N–H and O–H groups in total. The lowest BCUT2D eigenvalue weighted by Crippen LogP contribution is -2.43. The van der Waals surface area contributed by atoms with Gasteiger partial charge in [-0.25, -0.2) is 4.79 Å². The summed E-state index contributed by atoms with van der Waals surface area (Å²) in [5, 5.41) is 9.50. The van der Waals surface area contributed by atoms with Crippen LogP contribution in [0.2, 0.25) is 5.02 Å². The first kappa shape index (κ1) is 22.9. The number of rotatable bonds is 6. The molecule has 3 aromatic rings. The van der Waals surface area contributed by atoms with Crippen molar-refractivity contribution < 1.29 is 19.1 Å². The van der Waals surface area contributed by atoms with Gasteiger partial charge >= 0.3 is 5.97 Å². The quantitative estimate of drug-likeness (QED) is 0.421. The molecule has 0 heterocycles. The number of benzene rings is 3. The molecule has 0 aromatic heterocycles. The second-order valence-electron chi connectivity index (χ2n) is 6.26. The summed E-state index contributed by atoms with van der Waals surface area (Å²) in [5.41, 5.74) is 5.30. The number of ether oxygens (including phenoxy) is 1. The lowest BCUT2D eigenvalue weighted by molar-refractivity contribution is -0.125. The van der Waals surface area contributed by atoms with Gasteiger partial charge in [0.25, 0.3) is 11.8 Å². The zero-order valence-corrected chi connectivity index (χ0v) is 18.1. The Morgan fingerprint density at radius 2 is 1.50 bits per heavy atom. The van der Waals surface area contributed by atoms with E-state index in [1.165, 1.54) is 17.8 Å². The Morgan fingerprint density at radius 3 is 2.22 bits per heavy atom. The number of hydrogen-bond donors (Lipinski definition) is 2. The summed E-state index contributed by atoms with van der Waals surface area (Å²) in [6, 6.07) is 22.2. The van der Waals surface area contributed by atoms with Gasteiger partial charge in [-0.3, -0.25) is 20.4 Å². The summed E-state index contributed by atoms with van der Waals surface area (Å²) in [4.78, 5) is 37.8. The Morgan fingerprint density at radius 1 is 0.875 bits per heavy atom. The molecule has 2 amide bonds. The van der Waals surface area contributed by atoms with Crippen molar-refractivity contribution in [1.29, 1.82) is 5.26 Å². The van der Waals surface area contributed by atoms with Crippen molar-refractivity contribution in [2.75, 3.05) is 6.61 Å². The van der Waals surface area contributed by atoms with Gasteiger partial charge in [0.05, 0.1) is 21.7 Å². The van der Waals surface area contributed by atoms with Crippen LogP contribution in [0.25, 0.3) is 0 Å². The highest BCUT2D eigenvalue weighted by atomic mass is 35.5. The predicted molar refractivity (Wildman–Crippen MR) is 119 cm³/mol. The number of esters is 1. The van der Waals surface area contributed by atoms with Gasteiger partial charge in [0.1, 0.15) is 6.07 Å². The van der Waals surface area contributed by atoms with Crippen molar-refractivity contribution in [2.45, 2.75) is 9.79 Å². The number of carbonyl (C=O) groups excluding carboxylic acids is 3. The molecule has 0 unspecified atom stereocenters. The number of hydrazine groups is 1. The Kier molecular flexibility index (Phi) is 7.86. The molecular weight excluding hydrogens is 450 g/mol. The fourth-order valence-corrected chi connectivity index (χ4v) is 3.81. The van der Waals surface area contributed by atoms with E-state index in [9.17, 15) is 19.6 Å². The van der Waals surface area contributed by atoms with Gasteiger partial charge in [-0.1, -0.05) is 59.8 Å². The van der Waals surface area contributed by atoms with Gasteiger partial charge in [0, 0.05) is 9.79 Å². The molecule has 0 bridgehead atoms. The SMILES string of the molecule is N#Cc1ccccc1Sc1ccccc1C(=O)OCC(=O)NNC(=O)c1ccccc1Cl. The van der Waals surface area contributed by atoms with E-state index >= 15 is 0 Å². The Labute approximate surface area is 193 Å². The van der Waals surface area contributed by atoms with E-state index in [1.807, 2.05) is 0 Å². The molecule has 0 radical (unpaired) electrons. The van der Waals surface area contributed by atoms with Crippen molar-refractivity contribution >= 4 is 41.1 Å². The van der Waals surface area contributed by atoms with Crippen LogP contribution in [0.3, 0.4) is 0 Å². The van der Waals surface area contributed by atoms with Crippen LogP contribution < -0.4 is 10.9 Å². The van der Waals surface area contributed by atoms with Crippen molar-refractivity contribution in [2.24, 2.45) is 0 Å². The molecule has 0 saturated heterocycles. The lowest BCUT2D eigenvalue weighted by Gasteiger charge is -2.11. The number of halogens is 1. The number of carbonyl (C=O) groups is 3. The van der Waals surface area contributed by atoms with Crippen LogP contribution in [0, 0.1) is 11.3 Å². The van der Waals surface area contributed by atoms with E-state index in [0.717, 1.165) is 0 Å². The molecule has 160 valence electrons. The average molecular weight is 466 g/mol. The summed E-state index contributed by atoms with van der Waals surface area (Å²) >= 11 is 7.18. The summed E-state index contributed by atoms with van der Waals surface area (Å²) in [5.74, 6) is -2.04. The molecule has 32 heavy (non-hydrogen) atoms. The van der Waals surface area contributed by atoms with Crippen molar-refractivity contribution in [1.82, 2.24) is 10.9 Å². The van der Waals surface area contributed by atoms with Gasteiger partial charge in [-0.15, -0.1) is 0 Å². The molecule has 0 saturated carbocycles. The Hall–Kier alpha value is -3.80. The van der Waals surface area contributed by atoms with Crippen LogP contribution in [0.5, 0.6) is 0 Å². The van der Waals surface area contributed by atoms with Crippen LogP contribution in [0.15, 0.2) is 82.6 Å². The number of amides is 2. The van der Waals surface area contributed by atoms with E-state index in [-0.39, 0.29) is 16.1 Å². The third kappa shape index (κ3) is 5.88. The van der Waals surface area contributed by atoms with E-state index in [2.05, 4.69) is 16.9 Å². The van der Waals surface area contributed by atoms with E-state index in [4.69, 9.17) is 16.3 Å². The van der Waals surface area contributed by atoms with E-state index in [0.29, 0.717) is 15.4 Å². The predicted octanol–water partition coefficient (Wildman–Crippen LogP) is 3.98. The molecule has 3 rings (SSSR count). The molecule has 7 nitrogen and oxygen atoms in total. The second kappa shape index (κ2) is 11.0. The van der Waals surface area contributed by atoms with Crippen molar-refractivity contribution in [3.8, 4) is 6.07 Å². The monoisotopic (exact) mass is 465 g/mol. The normalized spacial score (nSPS) is 10.0. The fourth-order valence-electron chi connectivity index (χ4n) is 2.57. The van der Waals surface area contributed by atoms with Gasteiger partial charge in [0.2, 0.25) is 0 Å². The van der Waals surface area contributed by atoms with Crippen LogP contribution >= 0.6 is 23.4 Å². The highest BCUT2D eigenvalue weighted by molar-refractivity contribution is 7.99. The minimum atomic E-state index is -0.723.